The number of nitrogens with one attached hydrogen (secondary N) is 1. The number of amides is 1. The van der Waals surface area contributed by atoms with Crippen LogP contribution in [0, 0.1) is 0 Å². The van der Waals surface area contributed by atoms with E-state index in [0.29, 0.717) is 5.76 Å². The van der Waals surface area contributed by atoms with Crippen molar-refractivity contribution in [2.24, 2.45) is 0 Å². The van der Waals surface area contributed by atoms with Gasteiger partial charge in [-0.05, 0) is 36.4 Å². The summed E-state index contributed by atoms with van der Waals surface area (Å²) >= 11 is 1.40. The van der Waals surface area contributed by atoms with E-state index in [-0.39, 0.29) is 23.6 Å². The quantitative estimate of drug-likeness (QED) is 0.500. The number of methoxy groups -OCH3 is 1. The van der Waals surface area contributed by atoms with Gasteiger partial charge in [0.25, 0.3) is 5.89 Å². The van der Waals surface area contributed by atoms with Crippen LogP contribution in [-0.4, -0.2) is 29.0 Å². The Morgan fingerprint density at radius 3 is 2.70 bits per heavy atom. The Bertz CT molecular complexity index is 1040. The minimum atomic E-state index is -0.240. The van der Waals surface area contributed by atoms with Crippen molar-refractivity contribution in [1.82, 2.24) is 10.2 Å². The average Bonchev–Trinajstić information content (AvgIpc) is 3.33. The van der Waals surface area contributed by atoms with Crippen LogP contribution in [0.3, 0.4) is 0 Å². The van der Waals surface area contributed by atoms with Gasteiger partial charge in [0.2, 0.25) is 5.91 Å². The zero-order chi connectivity index (χ0) is 18.6. The minimum absolute atomic E-state index is 0.0331. The standard InChI is InChI=1S/C19H15N3O4S/c1-24-13-6-8-14(9-7-13)27-11-17(23)20-19-22-21-18(26-19)16-10-12-4-2-3-5-15(12)25-16/h2-10H,11H2,1H3,(H,20,22,23). The van der Waals surface area contributed by atoms with Crippen molar-refractivity contribution in [2.45, 2.75) is 4.90 Å². The third-order valence-corrected chi connectivity index (χ3v) is 4.75. The van der Waals surface area contributed by atoms with Crippen molar-refractivity contribution in [2.75, 3.05) is 18.2 Å². The topological polar surface area (TPSA) is 90.4 Å². The fraction of sp³-hybridized carbons (Fsp3) is 0.105. The molecule has 7 nitrogen and oxygen atoms in total. The molecular formula is C19H15N3O4S. The number of furan rings is 1. The maximum absolute atomic E-state index is 12.1. The maximum atomic E-state index is 12.1. The highest BCUT2D eigenvalue weighted by molar-refractivity contribution is 8.00. The molecule has 0 saturated heterocycles. The monoisotopic (exact) mass is 381 g/mol. The summed E-state index contributed by atoms with van der Waals surface area (Å²) in [4.78, 5) is 13.0. The Balaban J connectivity index is 1.37. The molecule has 0 bridgehead atoms. The molecule has 0 radical (unpaired) electrons. The molecule has 2 aromatic heterocycles. The van der Waals surface area contributed by atoms with E-state index >= 15 is 0 Å². The van der Waals surface area contributed by atoms with Gasteiger partial charge in [-0.25, -0.2) is 0 Å². The molecule has 0 unspecified atom stereocenters. The lowest BCUT2D eigenvalue weighted by atomic mass is 10.2. The number of rotatable bonds is 6. The van der Waals surface area contributed by atoms with Crippen LogP contribution in [0.5, 0.6) is 5.75 Å². The summed E-state index contributed by atoms with van der Waals surface area (Å²) in [6.45, 7) is 0. The van der Waals surface area contributed by atoms with Gasteiger partial charge >= 0.3 is 6.01 Å². The number of carbonyl (C=O) groups is 1. The second-order valence-electron chi connectivity index (χ2n) is 5.57. The summed E-state index contributed by atoms with van der Waals surface area (Å²) in [5.41, 5.74) is 0.729. The summed E-state index contributed by atoms with van der Waals surface area (Å²) in [5.74, 6) is 1.42. The Labute approximate surface area is 158 Å². The summed E-state index contributed by atoms with van der Waals surface area (Å²) in [5, 5.41) is 11.3. The van der Waals surface area contributed by atoms with E-state index in [9.17, 15) is 4.79 Å². The first-order valence-electron chi connectivity index (χ1n) is 8.10. The van der Waals surface area contributed by atoms with E-state index in [1.54, 1.807) is 7.11 Å². The molecule has 8 heteroatoms. The van der Waals surface area contributed by atoms with Crippen LogP contribution in [0.25, 0.3) is 22.6 Å². The SMILES string of the molecule is COc1ccc(SCC(=O)Nc2nnc(-c3cc4ccccc4o3)o2)cc1. The van der Waals surface area contributed by atoms with Crippen LogP contribution in [0.15, 0.2) is 68.3 Å². The first-order valence-corrected chi connectivity index (χ1v) is 9.09. The molecule has 0 fully saturated rings. The highest BCUT2D eigenvalue weighted by Gasteiger charge is 2.15. The van der Waals surface area contributed by atoms with E-state index in [0.717, 1.165) is 21.6 Å². The van der Waals surface area contributed by atoms with Gasteiger partial charge in [0.15, 0.2) is 5.76 Å². The van der Waals surface area contributed by atoms with E-state index in [4.69, 9.17) is 13.6 Å². The molecule has 2 heterocycles. The highest BCUT2D eigenvalue weighted by Crippen LogP contribution is 2.27. The van der Waals surface area contributed by atoms with Crippen molar-refractivity contribution >= 4 is 34.7 Å². The van der Waals surface area contributed by atoms with E-state index in [1.807, 2.05) is 54.6 Å². The third kappa shape index (κ3) is 3.95. The molecule has 27 heavy (non-hydrogen) atoms. The van der Waals surface area contributed by atoms with Crippen molar-refractivity contribution in [3.63, 3.8) is 0 Å². The molecule has 4 aromatic rings. The van der Waals surface area contributed by atoms with Crippen LogP contribution < -0.4 is 10.1 Å². The number of ether oxygens (including phenoxy) is 1. The van der Waals surface area contributed by atoms with E-state index < -0.39 is 0 Å². The molecular weight excluding hydrogens is 366 g/mol. The number of aromatic nitrogens is 2. The number of hydrogen-bond acceptors (Lipinski definition) is 7. The zero-order valence-electron chi connectivity index (χ0n) is 14.3. The lowest BCUT2D eigenvalue weighted by Crippen LogP contribution is -2.14. The van der Waals surface area contributed by atoms with Gasteiger partial charge in [-0.1, -0.05) is 23.3 Å². The second-order valence-corrected chi connectivity index (χ2v) is 6.62. The number of para-hydroxylation sites is 1. The van der Waals surface area contributed by atoms with Crippen LogP contribution in [0.4, 0.5) is 6.01 Å². The number of anilines is 1. The predicted molar refractivity (Wildman–Crippen MR) is 102 cm³/mol. The Morgan fingerprint density at radius 2 is 1.93 bits per heavy atom. The van der Waals surface area contributed by atoms with Crippen molar-refractivity contribution in [3.8, 4) is 17.4 Å². The summed E-state index contributed by atoms with van der Waals surface area (Å²) in [6, 6.07) is 16.9. The van der Waals surface area contributed by atoms with Crippen molar-refractivity contribution < 1.29 is 18.4 Å². The minimum Gasteiger partial charge on any atom is -0.497 e. The number of benzene rings is 2. The Morgan fingerprint density at radius 1 is 1.11 bits per heavy atom. The van der Waals surface area contributed by atoms with E-state index in [2.05, 4.69) is 15.5 Å². The summed E-state index contributed by atoms with van der Waals surface area (Å²) in [6.07, 6.45) is 0. The smallest absolute Gasteiger partial charge is 0.322 e. The molecule has 136 valence electrons. The maximum Gasteiger partial charge on any atom is 0.322 e. The Kier molecular flexibility index (Phi) is 4.80. The van der Waals surface area contributed by atoms with Crippen LogP contribution in [0.2, 0.25) is 0 Å². The molecule has 1 N–H and O–H groups in total. The molecule has 0 aliphatic rings. The molecule has 4 rings (SSSR count). The zero-order valence-corrected chi connectivity index (χ0v) is 15.2. The number of carbonyl (C=O) groups excluding carboxylic acids is 1. The van der Waals surface area contributed by atoms with Gasteiger partial charge in [-0.15, -0.1) is 16.9 Å². The summed E-state index contributed by atoms with van der Waals surface area (Å²) in [7, 11) is 1.61. The molecule has 0 aliphatic carbocycles. The normalized spacial score (nSPS) is 10.9. The van der Waals surface area contributed by atoms with E-state index in [1.165, 1.54) is 11.8 Å². The van der Waals surface area contributed by atoms with Crippen molar-refractivity contribution in [3.05, 3.63) is 54.6 Å². The van der Waals surface area contributed by atoms with Crippen LogP contribution in [-0.2, 0) is 4.79 Å². The molecule has 0 saturated carbocycles. The lowest BCUT2D eigenvalue weighted by molar-refractivity contribution is -0.113. The van der Waals surface area contributed by atoms with Crippen LogP contribution >= 0.6 is 11.8 Å². The molecule has 0 spiro atoms. The van der Waals surface area contributed by atoms with Gasteiger partial charge in [0.1, 0.15) is 11.3 Å². The lowest BCUT2D eigenvalue weighted by Gasteiger charge is -2.03. The highest BCUT2D eigenvalue weighted by atomic mass is 32.2. The molecule has 1 amide bonds. The second kappa shape index (κ2) is 7.55. The van der Waals surface area contributed by atoms with Gasteiger partial charge < -0.3 is 13.6 Å². The van der Waals surface area contributed by atoms with Crippen LogP contribution in [0.1, 0.15) is 0 Å². The Hall–Kier alpha value is -3.26. The van der Waals surface area contributed by atoms with Crippen molar-refractivity contribution in [1.29, 1.82) is 0 Å². The fourth-order valence-corrected chi connectivity index (χ4v) is 3.14. The average molecular weight is 381 g/mol. The van der Waals surface area contributed by atoms with Gasteiger partial charge in [0.05, 0.1) is 12.9 Å². The number of thioether (sulfide) groups is 1. The molecule has 2 aromatic carbocycles. The fourth-order valence-electron chi connectivity index (χ4n) is 2.44. The number of fused-ring (bicyclic) bond motifs is 1. The summed E-state index contributed by atoms with van der Waals surface area (Å²) < 4.78 is 16.3. The molecule has 0 atom stereocenters. The predicted octanol–water partition coefficient (Wildman–Crippen LogP) is 4.22. The first kappa shape index (κ1) is 17.2. The third-order valence-electron chi connectivity index (χ3n) is 3.74. The van der Waals surface area contributed by atoms with Gasteiger partial charge in [-0.2, -0.15) is 0 Å². The largest absolute Gasteiger partial charge is 0.497 e. The van der Waals surface area contributed by atoms with Gasteiger partial charge in [0, 0.05) is 10.3 Å². The number of hydrogen-bond donors (Lipinski definition) is 1. The number of nitrogens with zero attached hydrogens (tertiary/aromatic N) is 2. The first-order chi connectivity index (χ1) is 13.2. The van der Waals surface area contributed by atoms with Gasteiger partial charge in [-0.3, -0.25) is 10.1 Å². The molecule has 0 aliphatic heterocycles.